The monoisotopic (exact) mass is 335 g/mol. The molecule has 1 aromatic carbocycles. The van der Waals surface area contributed by atoms with Crippen molar-refractivity contribution in [3.05, 3.63) is 35.9 Å². The molecule has 0 radical (unpaired) electrons. The van der Waals surface area contributed by atoms with E-state index in [2.05, 4.69) is 11.7 Å². The van der Waals surface area contributed by atoms with E-state index in [9.17, 15) is 0 Å². The molecule has 1 spiro atoms. The molecule has 1 aliphatic carbocycles. The molecule has 1 aromatic rings. The van der Waals surface area contributed by atoms with Crippen molar-refractivity contribution >= 4 is 6.21 Å². The molecule has 0 bridgehead atoms. The molecule has 6 heteroatoms. The number of hydrogen-bond acceptors (Lipinski definition) is 6. The van der Waals surface area contributed by atoms with Gasteiger partial charge in [0, 0.05) is 18.4 Å². The smallest absolute Gasteiger partial charge is 0.169 e. The number of nitrogens with zero attached hydrogens (tertiary/aromatic N) is 1. The van der Waals surface area contributed by atoms with E-state index in [-0.39, 0.29) is 5.79 Å². The van der Waals surface area contributed by atoms with Crippen LogP contribution >= 0.6 is 0 Å². The molecular formula is C18H25NO5. The van der Waals surface area contributed by atoms with Crippen LogP contribution in [0.2, 0.25) is 0 Å². The number of benzene rings is 1. The molecule has 1 saturated heterocycles. The van der Waals surface area contributed by atoms with Crippen molar-refractivity contribution in [2.45, 2.75) is 31.5 Å². The number of ether oxygens (including phenoxy) is 4. The van der Waals surface area contributed by atoms with Gasteiger partial charge in [0.05, 0.1) is 33.6 Å². The lowest BCUT2D eigenvalue weighted by Gasteiger charge is -2.32. The van der Waals surface area contributed by atoms with Crippen LogP contribution in [0.3, 0.4) is 0 Å². The first-order chi connectivity index (χ1) is 11.6. The number of allylic oxidation sites excluding steroid dienone is 1. The van der Waals surface area contributed by atoms with Gasteiger partial charge in [0.1, 0.15) is 0 Å². The van der Waals surface area contributed by atoms with Gasteiger partial charge < -0.3 is 24.2 Å². The highest BCUT2D eigenvalue weighted by Crippen LogP contribution is 2.37. The highest BCUT2D eigenvalue weighted by molar-refractivity contribution is 5.80. The van der Waals surface area contributed by atoms with Gasteiger partial charge in [-0.15, -0.1) is 0 Å². The lowest BCUT2D eigenvalue weighted by molar-refractivity contribution is -0.171. The van der Waals surface area contributed by atoms with Crippen molar-refractivity contribution in [1.82, 2.24) is 0 Å². The van der Waals surface area contributed by atoms with Crippen molar-refractivity contribution in [3.8, 4) is 11.5 Å². The molecule has 0 unspecified atom stereocenters. The number of oxime groups is 1. The van der Waals surface area contributed by atoms with E-state index in [0.29, 0.717) is 11.5 Å². The molecule has 3 rings (SSSR count). The van der Waals surface area contributed by atoms with E-state index in [4.69, 9.17) is 24.2 Å². The molecule has 2 fully saturated rings. The Kier molecular flexibility index (Phi) is 6.63. The van der Waals surface area contributed by atoms with Crippen molar-refractivity contribution < 1.29 is 24.2 Å². The van der Waals surface area contributed by atoms with Crippen LogP contribution in [0.25, 0.3) is 0 Å². The van der Waals surface area contributed by atoms with Gasteiger partial charge in [-0.25, -0.2) is 0 Å². The predicted octanol–water partition coefficient (Wildman–Crippen LogP) is 3.37. The Morgan fingerprint density at radius 1 is 1.12 bits per heavy atom. The highest BCUT2D eigenvalue weighted by Gasteiger charge is 2.38. The maximum atomic E-state index is 8.31. The van der Waals surface area contributed by atoms with Crippen LogP contribution in [0.1, 0.15) is 31.2 Å². The molecule has 1 aliphatic heterocycles. The van der Waals surface area contributed by atoms with Gasteiger partial charge >= 0.3 is 0 Å². The largest absolute Gasteiger partial charge is 0.493 e. The van der Waals surface area contributed by atoms with E-state index in [1.54, 1.807) is 32.4 Å². The maximum absolute atomic E-state index is 8.31. The van der Waals surface area contributed by atoms with Gasteiger partial charge in [0.2, 0.25) is 0 Å². The van der Waals surface area contributed by atoms with Crippen molar-refractivity contribution in [1.29, 1.82) is 0 Å². The third-order valence-electron chi connectivity index (χ3n) is 4.15. The Hall–Kier alpha value is -2.05. The van der Waals surface area contributed by atoms with Gasteiger partial charge in [-0.2, -0.15) is 0 Å². The van der Waals surface area contributed by atoms with Crippen LogP contribution in [0, 0.1) is 0 Å². The maximum Gasteiger partial charge on any atom is 0.169 e. The van der Waals surface area contributed by atoms with Crippen LogP contribution < -0.4 is 9.47 Å². The number of rotatable bonds is 3. The minimum absolute atomic E-state index is 0.207. The summed E-state index contributed by atoms with van der Waals surface area (Å²) < 4.78 is 21.2. The number of hydrogen-bond donors (Lipinski definition) is 1. The zero-order valence-corrected chi connectivity index (χ0v) is 14.3. The summed E-state index contributed by atoms with van der Waals surface area (Å²) in [7, 11) is 3.12. The SMILES string of the molecule is C=C1CCC2(CC1)OCCO2.COc1ccc(/C=N/O)cc1OC. The van der Waals surface area contributed by atoms with Gasteiger partial charge in [-0.3, -0.25) is 0 Å². The lowest BCUT2D eigenvalue weighted by Crippen LogP contribution is -2.32. The van der Waals surface area contributed by atoms with Crippen molar-refractivity contribution in [2.75, 3.05) is 27.4 Å². The molecule has 24 heavy (non-hydrogen) atoms. The Labute approximate surface area is 142 Å². The zero-order valence-electron chi connectivity index (χ0n) is 14.3. The predicted molar refractivity (Wildman–Crippen MR) is 91.2 cm³/mol. The van der Waals surface area contributed by atoms with Gasteiger partial charge in [0.25, 0.3) is 0 Å². The second-order valence-corrected chi connectivity index (χ2v) is 5.72. The van der Waals surface area contributed by atoms with Gasteiger partial charge in [0.15, 0.2) is 17.3 Å². The summed E-state index contributed by atoms with van der Waals surface area (Å²) in [6.07, 6.45) is 5.47. The average molecular weight is 335 g/mol. The van der Waals surface area contributed by atoms with Crippen molar-refractivity contribution in [3.63, 3.8) is 0 Å². The fourth-order valence-electron chi connectivity index (χ4n) is 2.77. The molecular weight excluding hydrogens is 310 g/mol. The van der Waals surface area contributed by atoms with Crippen LogP contribution in [0.15, 0.2) is 35.5 Å². The third-order valence-corrected chi connectivity index (χ3v) is 4.15. The molecule has 2 aliphatic rings. The van der Waals surface area contributed by atoms with E-state index < -0.39 is 0 Å². The van der Waals surface area contributed by atoms with E-state index in [1.165, 1.54) is 11.8 Å². The third kappa shape index (κ3) is 4.72. The summed E-state index contributed by atoms with van der Waals surface area (Å²) in [4.78, 5) is 0. The first-order valence-corrected chi connectivity index (χ1v) is 7.96. The lowest BCUT2D eigenvalue weighted by atomic mass is 9.91. The Balaban J connectivity index is 0.000000175. The molecule has 0 atom stereocenters. The first-order valence-electron chi connectivity index (χ1n) is 7.96. The Morgan fingerprint density at radius 2 is 1.75 bits per heavy atom. The highest BCUT2D eigenvalue weighted by atomic mass is 16.7. The molecule has 1 saturated carbocycles. The van der Waals surface area contributed by atoms with Crippen LogP contribution in [0.5, 0.6) is 11.5 Å². The van der Waals surface area contributed by atoms with E-state index in [0.717, 1.165) is 44.5 Å². The normalized spacial score (nSPS) is 19.2. The topological polar surface area (TPSA) is 69.5 Å². The summed E-state index contributed by atoms with van der Waals surface area (Å²) in [5.74, 6) is 1.05. The minimum Gasteiger partial charge on any atom is -0.493 e. The van der Waals surface area contributed by atoms with Crippen LogP contribution in [-0.4, -0.2) is 44.6 Å². The quantitative estimate of drug-likeness (QED) is 0.397. The molecule has 6 nitrogen and oxygen atoms in total. The molecule has 1 heterocycles. The first kappa shape index (κ1) is 18.3. The molecule has 132 valence electrons. The van der Waals surface area contributed by atoms with Gasteiger partial charge in [-0.05, 0) is 31.0 Å². The van der Waals surface area contributed by atoms with Crippen LogP contribution in [-0.2, 0) is 9.47 Å². The van der Waals surface area contributed by atoms with Crippen LogP contribution in [0.4, 0.5) is 0 Å². The Morgan fingerprint density at radius 3 is 2.29 bits per heavy atom. The van der Waals surface area contributed by atoms with Crippen molar-refractivity contribution in [2.24, 2.45) is 5.16 Å². The van der Waals surface area contributed by atoms with E-state index >= 15 is 0 Å². The fourth-order valence-corrected chi connectivity index (χ4v) is 2.77. The standard InChI is InChI=1S/C9H11NO3.C9H14O2/c1-12-8-4-3-7(6-10-11)5-9(8)13-2;1-8-2-4-9(5-3-8)10-6-7-11-9/h3-6,11H,1-2H3;1-7H2/b10-6+;. The zero-order chi connectivity index (χ0) is 17.4. The second kappa shape index (κ2) is 8.70. The molecule has 0 amide bonds. The summed E-state index contributed by atoms with van der Waals surface area (Å²) in [6, 6.07) is 5.23. The van der Waals surface area contributed by atoms with E-state index in [1.807, 2.05) is 0 Å². The van der Waals surface area contributed by atoms with Gasteiger partial charge in [-0.1, -0.05) is 17.3 Å². The second-order valence-electron chi connectivity index (χ2n) is 5.72. The fraction of sp³-hybridized carbons (Fsp3) is 0.500. The Bertz CT molecular complexity index is 567. The number of methoxy groups -OCH3 is 2. The summed E-state index contributed by atoms with van der Waals surface area (Å²) >= 11 is 0. The molecule has 0 aromatic heterocycles. The minimum atomic E-state index is -0.207. The summed E-state index contributed by atoms with van der Waals surface area (Å²) in [5, 5.41) is 11.2. The summed E-state index contributed by atoms with van der Waals surface area (Å²) in [6.45, 7) is 5.50. The summed E-state index contributed by atoms with van der Waals surface area (Å²) in [5.41, 5.74) is 2.09. The average Bonchev–Trinajstić information content (AvgIpc) is 3.07. The molecule has 1 N–H and O–H groups in total.